The monoisotopic (exact) mass is 337 g/mol. The van der Waals surface area contributed by atoms with Crippen LogP contribution < -0.4 is 5.32 Å². The second kappa shape index (κ2) is 8.26. The number of amides is 1. The molecular formula is C21H27N3O. The van der Waals surface area contributed by atoms with E-state index < -0.39 is 0 Å². The first-order valence-electron chi connectivity index (χ1n) is 9.09. The Morgan fingerprint density at radius 2 is 1.84 bits per heavy atom. The van der Waals surface area contributed by atoms with Gasteiger partial charge in [0.05, 0.1) is 5.56 Å². The summed E-state index contributed by atoms with van der Waals surface area (Å²) in [5.41, 5.74) is 3.08. The topological polar surface area (TPSA) is 45.2 Å². The molecule has 3 rings (SSSR count). The summed E-state index contributed by atoms with van der Waals surface area (Å²) >= 11 is 0. The lowest BCUT2D eigenvalue weighted by Gasteiger charge is -2.35. The van der Waals surface area contributed by atoms with Gasteiger partial charge in [-0.1, -0.05) is 38.1 Å². The number of benzene rings is 1. The zero-order valence-corrected chi connectivity index (χ0v) is 15.1. The number of hydrogen-bond donors (Lipinski definition) is 1. The number of likely N-dealkylation sites (tertiary alicyclic amines) is 1. The van der Waals surface area contributed by atoms with Crippen LogP contribution in [0.3, 0.4) is 0 Å². The number of hydrogen-bond acceptors (Lipinski definition) is 3. The molecule has 132 valence electrons. The van der Waals surface area contributed by atoms with Crippen LogP contribution in [-0.2, 0) is 13.1 Å². The van der Waals surface area contributed by atoms with Gasteiger partial charge in [-0.05, 0) is 41.5 Å². The maximum atomic E-state index is 12.2. The lowest BCUT2D eigenvalue weighted by atomic mass is 9.91. The van der Waals surface area contributed by atoms with Crippen molar-refractivity contribution in [1.29, 1.82) is 0 Å². The van der Waals surface area contributed by atoms with Crippen LogP contribution in [0.1, 0.15) is 41.8 Å². The Morgan fingerprint density at radius 3 is 2.52 bits per heavy atom. The van der Waals surface area contributed by atoms with Gasteiger partial charge in [0.1, 0.15) is 0 Å². The van der Waals surface area contributed by atoms with Crippen LogP contribution in [0.4, 0.5) is 0 Å². The van der Waals surface area contributed by atoms with Crippen molar-refractivity contribution in [2.24, 2.45) is 11.8 Å². The van der Waals surface area contributed by atoms with Crippen LogP contribution in [0.5, 0.6) is 0 Å². The second-order valence-corrected chi connectivity index (χ2v) is 7.33. The Labute approximate surface area is 150 Å². The molecule has 1 aliphatic rings. The molecule has 4 nitrogen and oxygen atoms in total. The van der Waals surface area contributed by atoms with E-state index in [0.717, 1.165) is 31.5 Å². The Bertz CT molecular complexity index is 691. The number of rotatable bonds is 5. The average molecular weight is 337 g/mol. The smallest absolute Gasteiger partial charge is 0.253 e. The van der Waals surface area contributed by atoms with Crippen LogP contribution in [-0.4, -0.2) is 28.9 Å². The molecule has 1 saturated heterocycles. The first-order valence-corrected chi connectivity index (χ1v) is 9.09. The third-order valence-electron chi connectivity index (χ3n) is 4.82. The zero-order valence-electron chi connectivity index (χ0n) is 15.1. The highest BCUT2D eigenvalue weighted by Gasteiger charge is 2.22. The number of nitrogens with zero attached hydrogens (tertiary/aromatic N) is 2. The molecule has 0 radical (unpaired) electrons. The first kappa shape index (κ1) is 17.6. The highest BCUT2D eigenvalue weighted by atomic mass is 16.1. The zero-order chi connectivity index (χ0) is 17.6. The molecule has 1 aliphatic heterocycles. The third kappa shape index (κ3) is 4.89. The predicted molar refractivity (Wildman–Crippen MR) is 100 cm³/mol. The molecule has 2 aromatic rings. The lowest BCUT2D eigenvalue weighted by Crippen LogP contribution is -2.38. The first-order chi connectivity index (χ1) is 12.1. The molecule has 1 aromatic carbocycles. The minimum Gasteiger partial charge on any atom is -0.348 e. The summed E-state index contributed by atoms with van der Waals surface area (Å²) in [6.45, 7) is 8.48. The fraction of sp³-hybridized carbons (Fsp3) is 0.429. The molecule has 0 spiro atoms. The van der Waals surface area contributed by atoms with Gasteiger partial charge in [0.2, 0.25) is 0 Å². The predicted octanol–water partition coefficient (Wildman–Crippen LogP) is 3.49. The fourth-order valence-corrected chi connectivity index (χ4v) is 3.82. The molecule has 0 saturated carbocycles. The number of aromatic nitrogens is 1. The highest BCUT2D eigenvalue weighted by molar-refractivity contribution is 5.93. The summed E-state index contributed by atoms with van der Waals surface area (Å²) in [4.78, 5) is 18.8. The second-order valence-electron chi connectivity index (χ2n) is 7.33. The van der Waals surface area contributed by atoms with E-state index >= 15 is 0 Å². The van der Waals surface area contributed by atoms with Crippen molar-refractivity contribution < 1.29 is 4.79 Å². The lowest BCUT2D eigenvalue weighted by molar-refractivity contribution is 0.0950. The molecule has 1 fully saturated rings. The van der Waals surface area contributed by atoms with Gasteiger partial charge < -0.3 is 5.32 Å². The van der Waals surface area contributed by atoms with E-state index in [-0.39, 0.29) is 5.91 Å². The molecule has 25 heavy (non-hydrogen) atoms. The molecule has 2 heterocycles. The molecule has 1 N–H and O–H groups in total. The summed E-state index contributed by atoms with van der Waals surface area (Å²) in [5, 5.41) is 3.01. The van der Waals surface area contributed by atoms with Crippen molar-refractivity contribution in [3.63, 3.8) is 0 Å². The Hall–Kier alpha value is -2.20. The van der Waals surface area contributed by atoms with E-state index in [9.17, 15) is 4.79 Å². The van der Waals surface area contributed by atoms with Crippen LogP contribution in [0.15, 0.2) is 48.8 Å². The minimum atomic E-state index is -0.0804. The van der Waals surface area contributed by atoms with E-state index in [1.54, 1.807) is 24.5 Å². The number of nitrogens with one attached hydrogen (secondary N) is 1. The van der Waals surface area contributed by atoms with Gasteiger partial charge in [0, 0.05) is 38.6 Å². The molecule has 0 bridgehead atoms. The quantitative estimate of drug-likeness (QED) is 0.908. The fourth-order valence-electron chi connectivity index (χ4n) is 3.82. The van der Waals surface area contributed by atoms with Gasteiger partial charge in [0.15, 0.2) is 0 Å². The van der Waals surface area contributed by atoms with Crippen molar-refractivity contribution in [3.05, 3.63) is 65.5 Å². The number of carbonyl (C=O) groups excluding carboxylic acids is 1. The average Bonchev–Trinajstić information content (AvgIpc) is 2.60. The Morgan fingerprint density at radius 1 is 1.12 bits per heavy atom. The highest BCUT2D eigenvalue weighted by Crippen LogP contribution is 2.23. The van der Waals surface area contributed by atoms with Crippen molar-refractivity contribution in [2.45, 2.75) is 33.4 Å². The van der Waals surface area contributed by atoms with Gasteiger partial charge in [-0.15, -0.1) is 0 Å². The van der Waals surface area contributed by atoms with Crippen molar-refractivity contribution in [3.8, 4) is 0 Å². The van der Waals surface area contributed by atoms with Gasteiger partial charge in [-0.3, -0.25) is 14.7 Å². The minimum absolute atomic E-state index is 0.0804. The van der Waals surface area contributed by atoms with E-state index in [0.29, 0.717) is 12.1 Å². The normalized spacial score (nSPS) is 21.0. The van der Waals surface area contributed by atoms with E-state index in [2.05, 4.69) is 47.2 Å². The van der Waals surface area contributed by atoms with Crippen LogP contribution in [0.2, 0.25) is 0 Å². The van der Waals surface area contributed by atoms with E-state index in [1.807, 2.05) is 6.07 Å². The number of carbonyl (C=O) groups is 1. The van der Waals surface area contributed by atoms with Gasteiger partial charge in [-0.2, -0.15) is 0 Å². The molecule has 2 atom stereocenters. The summed E-state index contributed by atoms with van der Waals surface area (Å²) in [6, 6.07) is 12.0. The van der Waals surface area contributed by atoms with Crippen molar-refractivity contribution in [1.82, 2.24) is 15.2 Å². The standard InChI is InChI=1S/C21H27N3O/c1-16-10-17(2)14-24(13-16)15-20-7-4-3-6-18(20)12-23-21(25)19-8-5-9-22-11-19/h3-9,11,16-17H,10,12-15H2,1-2H3,(H,23,25)/t16-,17-/m0/s1. The van der Waals surface area contributed by atoms with E-state index in [4.69, 9.17) is 0 Å². The largest absolute Gasteiger partial charge is 0.348 e. The summed E-state index contributed by atoms with van der Waals surface area (Å²) in [7, 11) is 0. The summed E-state index contributed by atoms with van der Waals surface area (Å²) in [5.74, 6) is 1.42. The van der Waals surface area contributed by atoms with Gasteiger partial charge in [-0.25, -0.2) is 0 Å². The molecule has 0 unspecified atom stereocenters. The Balaban J connectivity index is 1.64. The molecule has 1 aromatic heterocycles. The molecule has 4 heteroatoms. The Kier molecular flexibility index (Phi) is 5.82. The van der Waals surface area contributed by atoms with Crippen LogP contribution in [0, 0.1) is 11.8 Å². The SMILES string of the molecule is C[C@H]1C[C@H](C)CN(Cc2ccccc2CNC(=O)c2cccnc2)C1. The van der Waals surface area contributed by atoms with E-state index in [1.165, 1.54) is 17.5 Å². The number of piperidine rings is 1. The number of pyridine rings is 1. The third-order valence-corrected chi connectivity index (χ3v) is 4.82. The van der Waals surface area contributed by atoms with Gasteiger partial charge >= 0.3 is 0 Å². The van der Waals surface area contributed by atoms with Crippen molar-refractivity contribution in [2.75, 3.05) is 13.1 Å². The molecular weight excluding hydrogens is 310 g/mol. The van der Waals surface area contributed by atoms with Gasteiger partial charge in [0.25, 0.3) is 5.91 Å². The van der Waals surface area contributed by atoms with Crippen LogP contribution >= 0.6 is 0 Å². The summed E-state index contributed by atoms with van der Waals surface area (Å²) < 4.78 is 0. The summed E-state index contributed by atoms with van der Waals surface area (Å²) in [6.07, 6.45) is 4.59. The van der Waals surface area contributed by atoms with Crippen LogP contribution in [0.25, 0.3) is 0 Å². The molecule has 1 amide bonds. The maximum absolute atomic E-state index is 12.2. The maximum Gasteiger partial charge on any atom is 0.253 e. The van der Waals surface area contributed by atoms with Crippen molar-refractivity contribution >= 4 is 5.91 Å². The molecule has 0 aliphatic carbocycles.